The second-order valence-corrected chi connectivity index (χ2v) is 8.53. The fourth-order valence-electron chi connectivity index (χ4n) is 4.54. The predicted molar refractivity (Wildman–Crippen MR) is 119 cm³/mol. The van der Waals surface area contributed by atoms with Crippen LogP contribution in [0.25, 0.3) is 16.8 Å². The van der Waals surface area contributed by atoms with Crippen LogP contribution in [0.15, 0.2) is 60.8 Å². The fourth-order valence-corrected chi connectivity index (χ4v) is 4.54. The van der Waals surface area contributed by atoms with Crippen LogP contribution < -0.4 is 0 Å². The lowest BCUT2D eigenvalue weighted by Gasteiger charge is -2.24. The topological polar surface area (TPSA) is 47.3 Å². The van der Waals surface area contributed by atoms with Gasteiger partial charge in [0.25, 0.3) is 0 Å². The highest BCUT2D eigenvalue weighted by atomic mass is 16.1. The number of rotatable bonds is 3. The predicted octanol–water partition coefficient (Wildman–Crippen LogP) is 5.74. The van der Waals surface area contributed by atoms with Crippen molar-refractivity contribution in [3.63, 3.8) is 0 Å². The molecule has 0 saturated carbocycles. The molecule has 2 aromatic carbocycles. The molecule has 4 aromatic rings. The van der Waals surface area contributed by atoms with Crippen molar-refractivity contribution < 1.29 is 4.79 Å². The fraction of sp³-hybridized carbons (Fsp3) is 0.269. The standard InChI is InChI=1S/C26H25N3O/c1-16(2)18-9-11-19(12-10-18)21-13-23-22(24(30)14-21)15-27-26-25(17(3)28-29(23)26)20-7-5-4-6-8-20/h4-12,15-16,21H,13-14H2,1-3H3/t21-/m0/s1. The van der Waals surface area contributed by atoms with E-state index in [4.69, 9.17) is 5.10 Å². The zero-order chi connectivity index (χ0) is 20.8. The van der Waals surface area contributed by atoms with Gasteiger partial charge in [-0.25, -0.2) is 9.50 Å². The number of aryl methyl sites for hydroxylation is 1. The summed E-state index contributed by atoms with van der Waals surface area (Å²) in [4.78, 5) is 17.6. The van der Waals surface area contributed by atoms with E-state index in [2.05, 4.69) is 55.2 Å². The van der Waals surface area contributed by atoms with Gasteiger partial charge >= 0.3 is 0 Å². The molecule has 0 radical (unpaired) electrons. The maximum Gasteiger partial charge on any atom is 0.166 e. The molecule has 4 heteroatoms. The highest BCUT2D eigenvalue weighted by Gasteiger charge is 2.30. The van der Waals surface area contributed by atoms with Gasteiger partial charge in [0.05, 0.1) is 17.0 Å². The average Bonchev–Trinajstić information content (AvgIpc) is 3.10. The van der Waals surface area contributed by atoms with Gasteiger partial charge in [-0.3, -0.25) is 4.79 Å². The highest BCUT2D eigenvalue weighted by molar-refractivity contribution is 5.99. The van der Waals surface area contributed by atoms with Crippen LogP contribution in [-0.4, -0.2) is 20.4 Å². The molecule has 5 rings (SSSR count). The lowest BCUT2D eigenvalue weighted by atomic mass is 9.81. The quantitative estimate of drug-likeness (QED) is 0.444. The van der Waals surface area contributed by atoms with E-state index in [9.17, 15) is 4.79 Å². The van der Waals surface area contributed by atoms with Gasteiger partial charge in [-0.2, -0.15) is 5.10 Å². The Morgan fingerprint density at radius 2 is 1.73 bits per heavy atom. The molecule has 0 amide bonds. The summed E-state index contributed by atoms with van der Waals surface area (Å²) in [5.41, 5.74) is 8.10. The van der Waals surface area contributed by atoms with Crippen LogP contribution in [-0.2, 0) is 6.42 Å². The molecule has 0 spiro atoms. The first-order chi connectivity index (χ1) is 14.5. The van der Waals surface area contributed by atoms with Gasteiger partial charge in [0.2, 0.25) is 0 Å². The number of Topliss-reactive ketones (excluding diaryl/α,β-unsaturated/α-hetero) is 1. The van der Waals surface area contributed by atoms with E-state index in [0.29, 0.717) is 17.9 Å². The van der Waals surface area contributed by atoms with Crippen molar-refractivity contribution in [3.05, 3.63) is 88.9 Å². The highest BCUT2D eigenvalue weighted by Crippen LogP contribution is 2.35. The van der Waals surface area contributed by atoms with Crippen molar-refractivity contribution in [2.45, 2.75) is 45.4 Å². The third-order valence-electron chi connectivity index (χ3n) is 6.23. The maximum atomic E-state index is 13.0. The molecule has 2 aromatic heterocycles. The number of carbonyl (C=O) groups is 1. The maximum absolute atomic E-state index is 13.0. The number of hydrogen-bond acceptors (Lipinski definition) is 3. The zero-order valence-corrected chi connectivity index (χ0v) is 17.6. The second-order valence-electron chi connectivity index (χ2n) is 8.53. The van der Waals surface area contributed by atoms with Crippen LogP contribution in [0.5, 0.6) is 0 Å². The number of fused-ring (bicyclic) bond motifs is 3. The van der Waals surface area contributed by atoms with Crippen molar-refractivity contribution in [3.8, 4) is 11.1 Å². The molecule has 0 aliphatic heterocycles. The Morgan fingerprint density at radius 3 is 2.43 bits per heavy atom. The van der Waals surface area contributed by atoms with Gasteiger partial charge in [0.15, 0.2) is 11.4 Å². The molecule has 0 saturated heterocycles. The number of benzene rings is 2. The molecule has 1 aliphatic rings. The summed E-state index contributed by atoms with van der Waals surface area (Å²) in [6.45, 7) is 6.41. The molecular formula is C26H25N3O. The Morgan fingerprint density at radius 1 is 1.00 bits per heavy atom. The number of aromatic nitrogens is 3. The van der Waals surface area contributed by atoms with E-state index >= 15 is 0 Å². The molecule has 0 unspecified atom stereocenters. The Kier molecular flexibility index (Phi) is 4.50. The summed E-state index contributed by atoms with van der Waals surface area (Å²) in [5.74, 6) is 0.821. The Hall–Kier alpha value is -3.27. The van der Waals surface area contributed by atoms with Gasteiger partial charge < -0.3 is 0 Å². The first-order valence-electron chi connectivity index (χ1n) is 10.6. The molecule has 1 atom stereocenters. The van der Waals surface area contributed by atoms with E-state index < -0.39 is 0 Å². The summed E-state index contributed by atoms with van der Waals surface area (Å²) < 4.78 is 1.90. The van der Waals surface area contributed by atoms with Gasteiger partial charge in [-0.1, -0.05) is 68.4 Å². The lowest BCUT2D eigenvalue weighted by molar-refractivity contribution is 0.0962. The van der Waals surface area contributed by atoms with E-state index in [1.165, 1.54) is 11.1 Å². The van der Waals surface area contributed by atoms with E-state index in [1.807, 2.05) is 29.6 Å². The summed E-state index contributed by atoms with van der Waals surface area (Å²) in [6.07, 6.45) is 3.06. The molecular weight excluding hydrogens is 370 g/mol. The third kappa shape index (κ3) is 3.04. The van der Waals surface area contributed by atoms with Crippen LogP contribution in [0.4, 0.5) is 0 Å². The average molecular weight is 396 g/mol. The molecule has 150 valence electrons. The zero-order valence-electron chi connectivity index (χ0n) is 17.6. The minimum absolute atomic E-state index is 0.151. The largest absolute Gasteiger partial charge is 0.294 e. The van der Waals surface area contributed by atoms with Crippen LogP contribution in [0, 0.1) is 6.92 Å². The van der Waals surface area contributed by atoms with Crippen molar-refractivity contribution >= 4 is 11.4 Å². The van der Waals surface area contributed by atoms with E-state index in [-0.39, 0.29) is 11.7 Å². The number of carbonyl (C=O) groups excluding carboxylic acids is 1. The molecule has 30 heavy (non-hydrogen) atoms. The summed E-state index contributed by atoms with van der Waals surface area (Å²) in [5, 5.41) is 4.80. The molecule has 1 aliphatic carbocycles. The SMILES string of the molecule is Cc1nn2c3c(cnc2c1-c1ccccc1)C(=O)C[C@@H](c1ccc(C(C)C)cc1)C3. The van der Waals surface area contributed by atoms with Gasteiger partial charge in [-0.15, -0.1) is 0 Å². The van der Waals surface area contributed by atoms with Gasteiger partial charge in [0.1, 0.15) is 0 Å². The van der Waals surface area contributed by atoms with Crippen molar-refractivity contribution in [2.75, 3.05) is 0 Å². The normalized spacial score (nSPS) is 16.3. The van der Waals surface area contributed by atoms with E-state index in [1.54, 1.807) is 6.20 Å². The van der Waals surface area contributed by atoms with Crippen LogP contribution in [0.3, 0.4) is 0 Å². The minimum atomic E-state index is 0.151. The smallest absolute Gasteiger partial charge is 0.166 e. The first-order valence-corrected chi connectivity index (χ1v) is 10.6. The molecule has 4 nitrogen and oxygen atoms in total. The van der Waals surface area contributed by atoms with Crippen LogP contribution >= 0.6 is 0 Å². The van der Waals surface area contributed by atoms with Crippen molar-refractivity contribution in [2.24, 2.45) is 0 Å². The summed E-state index contributed by atoms with van der Waals surface area (Å²) >= 11 is 0. The Labute approximate surface area is 176 Å². The van der Waals surface area contributed by atoms with Crippen molar-refractivity contribution in [1.29, 1.82) is 0 Å². The first kappa shape index (κ1) is 18.7. The summed E-state index contributed by atoms with van der Waals surface area (Å²) in [6, 6.07) is 19.0. The van der Waals surface area contributed by atoms with Gasteiger partial charge in [0, 0.05) is 18.2 Å². The second kappa shape index (κ2) is 7.21. The number of hydrogen-bond donors (Lipinski definition) is 0. The molecule has 0 N–H and O–H groups in total. The number of ketones is 1. The van der Waals surface area contributed by atoms with Crippen LogP contribution in [0.2, 0.25) is 0 Å². The number of nitrogens with zero attached hydrogens (tertiary/aromatic N) is 3. The molecule has 0 bridgehead atoms. The van der Waals surface area contributed by atoms with E-state index in [0.717, 1.165) is 34.6 Å². The van der Waals surface area contributed by atoms with Crippen molar-refractivity contribution in [1.82, 2.24) is 14.6 Å². The lowest BCUT2D eigenvalue weighted by Crippen LogP contribution is -2.22. The van der Waals surface area contributed by atoms with Gasteiger partial charge in [-0.05, 0) is 41.9 Å². The molecule has 0 fully saturated rings. The summed E-state index contributed by atoms with van der Waals surface area (Å²) in [7, 11) is 0. The minimum Gasteiger partial charge on any atom is -0.294 e. The Balaban J connectivity index is 1.60. The Bertz CT molecular complexity index is 1240. The molecule has 2 heterocycles. The third-order valence-corrected chi connectivity index (χ3v) is 6.23. The van der Waals surface area contributed by atoms with Crippen LogP contribution in [0.1, 0.15) is 65.0 Å². The monoisotopic (exact) mass is 395 g/mol.